The van der Waals surface area contributed by atoms with Crippen LogP contribution < -0.4 is 0 Å². The van der Waals surface area contributed by atoms with E-state index in [0.717, 1.165) is 0 Å². The van der Waals surface area contributed by atoms with Gasteiger partial charge in [-0.1, -0.05) is 23.7 Å². The Labute approximate surface area is 112 Å². The largest absolute Gasteiger partial charge is 0.298 e. The minimum absolute atomic E-state index is 0.180. The average Bonchev–Trinajstić information content (AvgIpc) is 2.78. The number of hydrogen-bond acceptors (Lipinski definition) is 3. The summed E-state index contributed by atoms with van der Waals surface area (Å²) in [5, 5.41) is 4.43. The highest BCUT2D eigenvalue weighted by molar-refractivity contribution is 6.33. The van der Waals surface area contributed by atoms with Crippen molar-refractivity contribution in [2.75, 3.05) is 0 Å². The first-order valence-electron chi connectivity index (χ1n) is 5.44. The van der Waals surface area contributed by atoms with E-state index in [1.165, 1.54) is 22.8 Å². The van der Waals surface area contributed by atoms with Gasteiger partial charge in [-0.2, -0.15) is 5.10 Å². The number of carbonyl (C=O) groups is 1. The molecule has 0 N–H and O–H groups in total. The second-order valence-corrected chi connectivity index (χ2v) is 4.26. The van der Waals surface area contributed by atoms with Crippen LogP contribution in [0.2, 0.25) is 5.15 Å². The zero-order valence-corrected chi connectivity index (χ0v) is 10.3. The third-order valence-corrected chi connectivity index (χ3v) is 3.03. The lowest BCUT2D eigenvalue weighted by Gasteiger charge is -1.97. The van der Waals surface area contributed by atoms with Gasteiger partial charge in [0, 0.05) is 18.0 Å². The van der Waals surface area contributed by atoms with Crippen molar-refractivity contribution in [2.24, 2.45) is 0 Å². The lowest BCUT2D eigenvalue weighted by atomic mass is 10.1. The van der Waals surface area contributed by atoms with E-state index >= 15 is 0 Å². The maximum atomic E-state index is 13.3. The zero-order chi connectivity index (χ0) is 13.4. The smallest absolute Gasteiger partial charge is 0.155 e. The Morgan fingerprint density at radius 3 is 2.95 bits per heavy atom. The minimum Gasteiger partial charge on any atom is -0.298 e. The predicted molar refractivity (Wildman–Crippen MR) is 68.8 cm³/mol. The van der Waals surface area contributed by atoms with Crippen molar-refractivity contribution in [1.29, 1.82) is 0 Å². The van der Waals surface area contributed by atoms with Crippen molar-refractivity contribution in [1.82, 2.24) is 14.6 Å². The maximum absolute atomic E-state index is 13.3. The predicted octanol–water partition coefficient (Wildman–Crippen LogP) is 3.00. The summed E-state index contributed by atoms with van der Waals surface area (Å²) >= 11 is 5.97. The molecule has 0 bridgehead atoms. The molecule has 2 heterocycles. The average molecular weight is 276 g/mol. The van der Waals surface area contributed by atoms with Gasteiger partial charge < -0.3 is 0 Å². The summed E-state index contributed by atoms with van der Waals surface area (Å²) in [4.78, 5) is 15.2. The molecule has 0 aliphatic heterocycles. The summed E-state index contributed by atoms with van der Waals surface area (Å²) in [5.74, 6) is -0.393. The van der Waals surface area contributed by atoms with E-state index in [4.69, 9.17) is 11.6 Å². The molecule has 0 radical (unpaired) electrons. The Kier molecular flexibility index (Phi) is 2.76. The van der Waals surface area contributed by atoms with Crippen molar-refractivity contribution in [3.63, 3.8) is 0 Å². The van der Waals surface area contributed by atoms with Crippen molar-refractivity contribution < 1.29 is 9.18 Å². The van der Waals surface area contributed by atoms with Gasteiger partial charge >= 0.3 is 0 Å². The normalized spacial score (nSPS) is 10.8. The lowest BCUT2D eigenvalue weighted by molar-refractivity contribution is 0.112. The van der Waals surface area contributed by atoms with E-state index in [9.17, 15) is 9.18 Å². The number of hydrogen-bond donors (Lipinski definition) is 0. The number of halogens is 2. The molecule has 0 amide bonds. The molecule has 1 aromatic carbocycles. The number of fused-ring (bicyclic) bond motifs is 1. The molecule has 0 atom stereocenters. The first-order chi connectivity index (χ1) is 9.20. The molecule has 2 aromatic heterocycles. The van der Waals surface area contributed by atoms with Gasteiger partial charge in [0.05, 0.1) is 5.56 Å². The minimum atomic E-state index is -0.393. The van der Waals surface area contributed by atoms with E-state index in [-0.39, 0.29) is 5.15 Å². The van der Waals surface area contributed by atoms with Crippen molar-refractivity contribution in [3.05, 3.63) is 53.2 Å². The van der Waals surface area contributed by atoms with Crippen LogP contribution in [0, 0.1) is 5.82 Å². The number of nitrogens with zero attached hydrogens (tertiary/aromatic N) is 3. The molecule has 19 heavy (non-hydrogen) atoms. The summed E-state index contributed by atoms with van der Waals surface area (Å²) in [7, 11) is 0. The Morgan fingerprint density at radius 1 is 1.37 bits per heavy atom. The summed E-state index contributed by atoms with van der Waals surface area (Å²) < 4.78 is 14.7. The molecule has 0 unspecified atom stereocenters. The van der Waals surface area contributed by atoms with Crippen LogP contribution in [0.25, 0.3) is 16.8 Å². The van der Waals surface area contributed by atoms with Crippen LogP contribution in [0.3, 0.4) is 0 Å². The zero-order valence-electron chi connectivity index (χ0n) is 9.55. The number of aromatic nitrogens is 3. The lowest BCUT2D eigenvalue weighted by Crippen LogP contribution is -1.89. The van der Waals surface area contributed by atoms with Crippen LogP contribution in [-0.2, 0) is 0 Å². The van der Waals surface area contributed by atoms with Crippen molar-refractivity contribution in [3.8, 4) is 11.3 Å². The first kappa shape index (κ1) is 11.8. The van der Waals surface area contributed by atoms with Crippen molar-refractivity contribution in [2.45, 2.75) is 0 Å². The summed E-state index contributed by atoms with van der Waals surface area (Å²) in [5.41, 5.74) is 1.60. The molecule has 94 valence electrons. The van der Waals surface area contributed by atoms with Crippen LogP contribution >= 0.6 is 11.6 Å². The number of benzene rings is 1. The highest BCUT2D eigenvalue weighted by Gasteiger charge is 2.17. The molecule has 3 aromatic rings. The van der Waals surface area contributed by atoms with Gasteiger partial charge in [0.25, 0.3) is 0 Å². The third kappa shape index (κ3) is 1.88. The van der Waals surface area contributed by atoms with Gasteiger partial charge in [0.2, 0.25) is 0 Å². The maximum Gasteiger partial charge on any atom is 0.155 e. The molecular weight excluding hydrogens is 269 g/mol. The first-order valence-corrected chi connectivity index (χ1v) is 5.82. The Hall–Kier alpha value is -2.27. The second kappa shape index (κ2) is 4.44. The van der Waals surface area contributed by atoms with E-state index in [0.29, 0.717) is 28.6 Å². The van der Waals surface area contributed by atoms with Crippen molar-refractivity contribution >= 4 is 23.4 Å². The van der Waals surface area contributed by atoms with Gasteiger partial charge in [-0.3, -0.25) is 4.79 Å². The van der Waals surface area contributed by atoms with Crippen LogP contribution in [0.4, 0.5) is 4.39 Å². The molecule has 3 rings (SSSR count). The fourth-order valence-corrected chi connectivity index (χ4v) is 2.19. The van der Waals surface area contributed by atoms with Gasteiger partial charge in [0.1, 0.15) is 17.0 Å². The summed E-state index contributed by atoms with van der Waals surface area (Å²) in [6.07, 6.45) is 3.71. The fraction of sp³-hybridized carbons (Fsp3) is 0. The SMILES string of the molecule is O=Cc1c(-c2cccc(F)c2)nn2ccnc(Cl)c12. The molecule has 0 saturated heterocycles. The Balaban J connectivity index is 2.36. The third-order valence-electron chi connectivity index (χ3n) is 2.75. The molecule has 0 saturated carbocycles. The fourth-order valence-electron chi connectivity index (χ4n) is 1.94. The van der Waals surface area contributed by atoms with Crippen LogP contribution in [0.5, 0.6) is 0 Å². The monoisotopic (exact) mass is 275 g/mol. The van der Waals surface area contributed by atoms with E-state index in [1.807, 2.05) is 0 Å². The Morgan fingerprint density at radius 2 is 2.21 bits per heavy atom. The highest BCUT2D eigenvalue weighted by atomic mass is 35.5. The van der Waals surface area contributed by atoms with E-state index in [1.54, 1.807) is 18.3 Å². The number of aldehydes is 1. The quantitative estimate of drug-likeness (QED) is 0.676. The molecule has 4 nitrogen and oxygen atoms in total. The van der Waals surface area contributed by atoms with Crippen LogP contribution in [0.15, 0.2) is 36.7 Å². The van der Waals surface area contributed by atoms with Gasteiger partial charge in [-0.05, 0) is 12.1 Å². The topological polar surface area (TPSA) is 47.3 Å². The highest BCUT2D eigenvalue weighted by Crippen LogP contribution is 2.28. The summed E-state index contributed by atoms with van der Waals surface area (Å²) in [6.45, 7) is 0. The van der Waals surface area contributed by atoms with E-state index in [2.05, 4.69) is 10.1 Å². The van der Waals surface area contributed by atoms with Crippen LogP contribution in [-0.4, -0.2) is 20.9 Å². The van der Waals surface area contributed by atoms with Gasteiger partial charge in [-0.15, -0.1) is 0 Å². The molecule has 0 fully saturated rings. The van der Waals surface area contributed by atoms with Gasteiger partial charge in [-0.25, -0.2) is 13.9 Å². The van der Waals surface area contributed by atoms with E-state index < -0.39 is 5.82 Å². The summed E-state index contributed by atoms with van der Waals surface area (Å²) in [6, 6.07) is 5.88. The number of carbonyl (C=O) groups excluding carboxylic acids is 1. The van der Waals surface area contributed by atoms with Gasteiger partial charge in [0.15, 0.2) is 11.4 Å². The Bertz CT molecular complexity index is 785. The molecule has 0 aliphatic carbocycles. The van der Waals surface area contributed by atoms with Crippen LogP contribution in [0.1, 0.15) is 10.4 Å². The molecular formula is C13H7ClFN3O. The second-order valence-electron chi connectivity index (χ2n) is 3.90. The molecule has 0 spiro atoms. The molecule has 0 aliphatic rings. The number of rotatable bonds is 2. The molecule has 6 heteroatoms. The standard InChI is InChI=1S/C13H7ClFN3O/c14-13-12-10(7-19)11(17-18(12)5-4-16-13)8-2-1-3-9(15)6-8/h1-7H.